The van der Waals surface area contributed by atoms with Gasteiger partial charge in [-0.1, -0.05) is 37.8 Å². The maximum Gasteiger partial charge on any atom is 0.256 e. The summed E-state index contributed by atoms with van der Waals surface area (Å²) in [6.07, 6.45) is 3.83. The first-order chi connectivity index (χ1) is 9.96. The number of nitrogens with one attached hydrogen (secondary N) is 1. The van der Waals surface area contributed by atoms with Crippen molar-refractivity contribution >= 4 is 23.2 Å². The number of anilines is 1. The highest BCUT2D eigenvalue weighted by molar-refractivity contribution is 6.32. The molecule has 0 aliphatic heterocycles. The zero-order valence-electron chi connectivity index (χ0n) is 13.2. The topological polar surface area (TPSA) is 47.6 Å². The molecule has 118 valence electrons. The van der Waals surface area contributed by atoms with Gasteiger partial charge < -0.3 is 14.8 Å². The van der Waals surface area contributed by atoms with Crippen LogP contribution in [0.3, 0.4) is 0 Å². The lowest BCUT2D eigenvalue weighted by Gasteiger charge is -2.27. The second kappa shape index (κ2) is 8.25. The Bertz CT molecular complexity index is 479. The Morgan fingerprint density at radius 3 is 2.57 bits per heavy atom. The van der Waals surface area contributed by atoms with E-state index < -0.39 is 5.60 Å². The van der Waals surface area contributed by atoms with Crippen LogP contribution in [0.25, 0.3) is 0 Å². The molecule has 4 nitrogen and oxygen atoms in total. The van der Waals surface area contributed by atoms with Gasteiger partial charge in [-0.15, -0.1) is 0 Å². The second-order valence-corrected chi connectivity index (χ2v) is 5.60. The highest BCUT2D eigenvalue weighted by atomic mass is 35.5. The lowest BCUT2D eigenvalue weighted by atomic mass is 9.97. The van der Waals surface area contributed by atoms with Crippen LogP contribution in [-0.4, -0.2) is 25.7 Å². The molecule has 0 spiro atoms. The van der Waals surface area contributed by atoms with Gasteiger partial charge in [0.1, 0.15) is 11.4 Å². The van der Waals surface area contributed by atoms with Crippen LogP contribution in [0, 0.1) is 0 Å². The van der Waals surface area contributed by atoms with Gasteiger partial charge in [0.2, 0.25) is 0 Å². The van der Waals surface area contributed by atoms with Gasteiger partial charge in [0, 0.05) is 12.8 Å². The fraction of sp³-hybridized carbons (Fsp3) is 0.562. The van der Waals surface area contributed by atoms with Crippen molar-refractivity contribution in [3.8, 4) is 5.75 Å². The number of amides is 1. The molecule has 0 bridgehead atoms. The van der Waals surface area contributed by atoms with Gasteiger partial charge in [0.15, 0.2) is 0 Å². The summed E-state index contributed by atoms with van der Waals surface area (Å²) in [6, 6.07) is 5.14. The molecule has 0 saturated heterocycles. The zero-order chi connectivity index (χ0) is 15.9. The molecule has 0 aliphatic rings. The minimum atomic E-state index is -0.832. The van der Waals surface area contributed by atoms with E-state index in [1.807, 2.05) is 6.92 Å². The standard InChI is InChI=1S/C16H24ClNO3/c1-5-6-7-10-16(2,21-4)15(19)18-12-8-9-14(20-3)13(17)11-12/h8-9,11H,5-7,10H2,1-4H3,(H,18,19)/t16-/m1/s1. The van der Waals surface area contributed by atoms with Crippen LogP contribution in [0.2, 0.25) is 5.02 Å². The fourth-order valence-electron chi connectivity index (χ4n) is 2.03. The number of unbranched alkanes of at least 4 members (excludes halogenated alkanes) is 2. The molecule has 0 saturated carbocycles. The molecule has 0 aromatic heterocycles. The average molecular weight is 314 g/mol. The van der Waals surface area contributed by atoms with Gasteiger partial charge in [-0.05, 0) is 31.5 Å². The average Bonchev–Trinajstić information content (AvgIpc) is 2.47. The van der Waals surface area contributed by atoms with Crippen LogP contribution in [0.15, 0.2) is 18.2 Å². The molecule has 21 heavy (non-hydrogen) atoms. The maximum atomic E-state index is 12.4. The molecule has 1 amide bonds. The van der Waals surface area contributed by atoms with Crippen LogP contribution in [-0.2, 0) is 9.53 Å². The summed E-state index contributed by atoms with van der Waals surface area (Å²) in [4.78, 5) is 12.4. The van der Waals surface area contributed by atoms with Gasteiger partial charge in [0.25, 0.3) is 5.91 Å². The summed E-state index contributed by atoms with van der Waals surface area (Å²) < 4.78 is 10.5. The Balaban J connectivity index is 2.75. The number of benzene rings is 1. The van der Waals surface area contributed by atoms with Crippen molar-refractivity contribution in [3.05, 3.63) is 23.2 Å². The number of carbonyl (C=O) groups excluding carboxylic acids is 1. The number of hydrogen-bond donors (Lipinski definition) is 1. The number of halogens is 1. The third kappa shape index (κ3) is 4.90. The molecule has 1 aromatic rings. The van der Waals surface area contributed by atoms with Gasteiger partial charge in [0.05, 0.1) is 12.1 Å². The largest absolute Gasteiger partial charge is 0.495 e. The summed E-state index contributed by atoms with van der Waals surface area (Å²) >= 11 is 6.06. The Morgan fingerprint density at radius 2 is 2.05 bits per heavy atom. The van der Waals surface area contributed by atoms with E-state index in [0.717, 1.165) is 19.3 Å². The Morgan fingerprint density at radius 1 is 1.33 bits per heavy atom. The third-order valence-electron chi connectivity index (χ3n) is 3.60. The summed E-state index contributed by atoms with van der Waals surface area (Å²) in [5.41, 5.74) is -0.203. The lowest BCUT2D eigenvalue weighted by molar-refractivity contribution is -0.136. The molecule has 0 aliphatic carbocycles. The van der Waals surface area contributed by atoms with Crippen LogP contribution in [0.4, 0.5) is 5.69 Å². The first-order valence-corrected chi connectivity index (χ1v) is 7.54. The van der Waals surface area contributed by atoms with Crippen molar-refractivity contribution in [1.82, 2.24) is 0 Å². The zero-order valence-corrected chi connectivity index (χ0v) is 13.9. The molecule has 0 fully saturated rings. The molecule has 1 rings (SSSR count). The minimum Gasteiger partial charge on any atom is -0.495 e. The Hall–Kier alpha value is -1.26. The van der Waals surface area contributed by atoms with E-state index >= 15 is 0 Å². The minimum absolute atomic E-state index is 0.165. The van der Waals surface area contributed by atoms with E-state index in [2.05, 4.69) is 12.2 Å². The summed E-state index contributed by atoms with van der Waals surface area (Å²) in [6.45, 7) is 3.94. The number of rotatable bonds is 8. The van der Waals surface area contributed by atoms with Gasteiger partial charge in [-0.3, -0.25) is 4.79 Å². The summed E-state index contributed by atoms with van der Waals surface area (Å²) in [5.74, 6) is 0.412. The molecule has 0 heterocycles. The Kier molecular flexibility index (Phi) is 6.99. The fourth-order valence-corrected chi connectivity index (χ4v) is 2.29. The number of ether oxygens (including phenoxy) is 2. The summed E-state index contributed by atoms with van der Waals surface area (Å²) in [5, 5.41) is 3.31. The predicted octanol–water partition coefficient (Wildman–Crippen LogP) is 4.27. The monoisotopic (exact) mass is 313 g/mol. The molecule has 0 radical (unpaired) electrons. The smallest absolute Gasteiger partial charge is 0.256 e. The SMILES string of the molecule is CCCCC[C@@](C)(OC)C(=O)Nc1ccc(OC)c(Cl)c1. The van der Waals surface area contributed by atoms with Crippen LogP contribution < -0.4 is 10.1 Å². The predicted molar refractivity (Wildman–Crippen MR) is 86.2 cm³/mol. The number of carbonyl (C=O) groups is 1. The van der Waals surface area contributed by atoms with Crippen molar-refractivity contribution in [2.24, 2.45) is 0 Å². The molecule has 1 atom stereocenters. The summed E-state index contributed by atoms with van der Waals surface area (Å²) in [7, 11) is 3.11. The Labute approximate surface area is 131 Å². The first kappa shape index (κ1) is 17.8. The van der Waals surface area contributed by atoms with E-state index in [4.69, 9.17) is 21.1 Å². The van der Waals surface area contributed by atoms with Crippen LogP contribution in [0.1, 0.15) is 39.5 Å². The second-order valence-electron chi connectivity index (χ2n) is 5.20. The van der Waals surface area contributed by atoms with Crippen LogP contribution in [0.5, 0.6) is 5.75 Å². The highest BCUT2D eigenvalue weighted by Crippen LogP contribution is 2.28. The molecule has 0 unspecified atom stereocenters. The lowest BCUT2D eigenvalue weighted by Crippen LogP contribution is -2.41. The van der Waals surface area contributed by atoms with Gasteiger partial charge in [-0.25, -0.2) is 0 Å². The number of hydrogen-bond acceptors (Lipinski definition) is 3. The van der Waals surface area contributed by atoms with E-state index in [1.165, 1.54) is 0 Å². The molecular weight excluding hydrogens is 290 g/mol. The van der Waals surface area contributed by atoms with Gasteiger partial charge >= 0.3 is 0 Å². The molecular formula is C16H24ClNO3. The van der Waals surface area contributed by atoms with Crippen molar-refractivity contribution in [1.29, 1.82) is 0 Å². The maximum absolute atomic E-state index is 12.4. The molecule has 1 aromatic carbocycles. The van der Waals surface area contributed by atoms with Crippen molar-refractivity contribution in [2.45, 2.75) is 45.1 Å². The van der Waals surface area contributed by atoms with Crippen LogP contribution >= 0.6 is 11.6 Å². The molecule has 5 heteroatoms. The van der Waals surface area contributed by atoms with E-state index in [1.54, 1.807) is 32.4 Å². The van der Waals surface area contributed by atoms with Crippen molar-refractivity contribution < 1.29 is 14.3 Å². The van der Waals surface area contributed by atoms with Crippen molar-refractivity contribution in [3.63, 3.8) is 0 Å². The first-order valence-electron chi connectivity index (χ1n) is 7.17. The quantitative estimate of drug-likeness (QED) is 0.729. The molecule has 1 N–H and O–H groups in total. The van der Waals surface area contributed by atoms with E-state index in [9.17, 15) is 4.79 Å². The van der Waals surface area contributed by atoms with E-state index in [0.29, 0.717) is 22.9 Å². The normalized spacial score (nSPS) is 13.6. The number of methoxy groups -OCH3 is 2. The van der Waals surface area contributed by atoms with E-state index in [-0.39, 0.29) is 5.91 Å². The van der Waals surface area contributed by atoms with Crippen molar-refractivity contribution in [2.75, 3.05) is 19.5 Å². The third-order valence-corrected chi connectivity index (χ3v) is 3.89. The van der Waals surface area contributed by atoms with Gasteiger partial charge in [-0.2, -0.15) is 0 Å². The highest BCUT2D eigenvalue weighted by Gasteiger charge is 2.32.